The number of fused-ring (bicyclic) bond motifs is 1. The van der Waals surface area contributed by atoms with Crippen molar-refractivity contribution < 1.29 is 9.59 Å². The van der Waals surface area contributed by atoms with Crippen LogP contribution in [0.5, 0.6) is 0 Å². The minimum atomic E-state index is -0.0987. The van der Waals surface area contributed by atoms with E-state index in [0.29, 0.717) is 18.8 Å². The molecule has 7 nitrogen and oxygen atoms in total. The summed E-state index contributed by atoms with van der Waals surface area (Å²) in [5.41, 5.74) is 6.17. The molecule has 1 fully saturated rings. The third-order valence-corrected chi connectivity index (χ3v) is 6.02. The first-order chi connectivity index (χ1) is 15.2. The minimum Gasteiger partial charge on any atom is -0.350 e. The van der Waals surface area contributed by atoms with Crippen LogP contribution in [0, 0.1) is 0 Å². The van der Waals surface area contributed by atoms with Crippen molar-refractivity contribution in [1.29, 1.82) is 0 Å². The van der Waals surface area contributed by atoms with Crippen molar-refractivity contribution in [3.63, 3.8) is 0 Å². The Kier molecular flexibility index (Phi) is 5.21. The Balaban J connectivity index is 1.28. The molecule has 156 valence electrons. The number of amides is 2. The first-order valence-corrected chi connectivity index (χ1v) is 11.1. The number of carbonyl (C=O) groups excluding carboxylic acids is 2. The van der Waals surface area contributed by atoms with E-state index < -0.39 is 0 Å². The molecule has 2 aromatic heterocycles. The molecule has 0 saturated carbocycles. The maximum atomic E-state index is 12.7. The number of rotatable bonds is 6. The van der Waals surface area contributed by atoms with E-state index in [-0.39, 0.29) is 18.4 Å². The number of hydrogen-bond donors (Lipinski definition) is 1. The molecule has 0 unspecified atom stereocenters. The lowest BCUT2D eigenvalue weighted by molar-refractivity contribution is -0.121. The van der Waals surface area contributed by atoms with Gasteiger partial charge in [-0.2, -0.15) is 0 Å². The number of thiazole rings is 1. The van der Waals surface area contributed by atoms with Gasteiger partial charge in [0.25, 0.3) is 0 Å². The molecule has 0 radical (unpaired) electrons. The van der Waals surface area contributed by atoms with Gasteiger partial charge in [0.1, 0.15) is 12.2 Å². The van der Waals surface area contributed by atoms with Gasteiger partial charge < -0.3 is 14.8 Å². The second-order valence-electron chi connectivity index (χ2n) is 7.48. The highest BCUT2D eigenvalue weighted by Gasteiger charge is 2.21. The van der Waals surface area contributed by atoms with Crippen LogP contribution >= 0.6 is 11.3 Å². The Bertz CT molecular complexity index is 1230. The summed E-state index contributed by atoms with van der Waals surface area (Å²) in [6, 6.07) is 15.6. The molecule has 8 heteroatoms. The van der Waals surface area contributed by atoms with Gasteiger partial charge in [0.05, 0.1) is 16.5 Å². The van der Waals surface area contributed by atoms with E-state index in [1.165, 1.54) is 11.3 Å². The van der Waals surface area contributed by atoms with Crippen LogP contribution in [0.4, 0.5) is 5.69 Å². The molecule has 0 atom stereocenters. The van der Waals surface area contributed by atoms with Crippen molar-refractivity contribution in [1.82, 2.24) is 19.9 Å². The summed E-state index contributed by atoms with van der Waals surface area (Å²) in [7, 11) is 0. The van der Waals surface area contributed by atoms with E-state index in [2.05, 4.69) is 15.3 Å². The summed E-state index contributed by atoms with van der Waals surface area (Å²) in [5.74, 6) is 0.764. The van der Waals surface area contributed by atoms with E-state index in [1.807, 2.05) is 63.4 Å². The lowest BCUT2D eigenvalue weighted by atomic mass is 10.2. The van der Waals surface area contributed by atoms with Crippen LogP contribution in [-0.4, -0.2) is 32.9 Å². The van der Waals surface area contributed by atoms with Crippen LogP contribution in [0.2, 0.25) is 0 Å². The van der Waals surface area contributed by atoms with E-state index >= 15 is 0 Å². The van der Waals surface area contributed by atoms with Crippen LogP contribution in [0.25, 0.3) is 22.6 Å². The van der Waals surface area contributed by atoms with Crippen molar-refractivity contribution in [2.45, 2.75) is 25.9 Å². The molecule has 1 N–H and O–H groups in total. The number of anilines is 1. The zero-order valence-corrected chi connectivity index (χ0v) is 17.6. The van der Waals surface area contributed by atoms with Crippen molar-refractivity contribution in [3.8, 4) is 11.5 Å². The molecule has 4 aromatic rings. The standard InChI is InChI=1S/C23H21N5O2S/c29-21(24-12-16-7-9-17(10-8-16)27-11-3-6-22(27)30)13-28-20-5-2-1-4-18(20)26-23(28)19-14-31-15-25-19/h1-2,4-5,7-10,14-15H,3,6,11-13H2,(H,24,29). The fourth-order valence-corrected chi connectivity index (χ4v) is 4.40. The first kappa shape index (κ1) is 19.4. The second kappa shape index (κ2) is 8.31. The van der Waals surface area contributed by atoms with E-state index in [9.17, 15) is 9.59 Å². The Labute approximate surface area is 183 Å². The number of nitrogens with zero attached hydrogens (tertiary/aromatic N) is 4. The second-order valence-corrected chi connectivity index (χ2v) is 8.19. The summed E-state index contributed by atoms with van der Waals surface area (Å²) in [6.07, 6.45) is 1.52. The quantitative estimate of drug-likeness (QED) is 0.506. The highest BCUT2D eigenvalue weighted by atomic mass is 32.1. The summed E-state index contributed by atoms with van der Waals surface area (Å²) in [6.45, 7) is 1.36. The van der Waals surface area contributed by atoms with Gasteiger partial charge in [0.2, 0.25) is 11.8 Å². The molecule has 1 saturated heterocycles. The molecule has 5 rings (SSSR count). The molecule has 3 heterocycles. The fourth-order valence-electron chi connectivity index (χ4n) is 3.87. The number of benzene rings is 2. The zero-order chi connectivity index (χ0) is 21.2. The largest absolute Gasteiger partial charge is 0.350 e. The molecule has 2 aromatic carbocycles. The summed E-state index contributed by atoms with van der Waals surface area (Å²) in [4.78, 5) is 35.5. The van der Waals surface area contributed by atoms with Crippen LogP contribution in [0.1, 0.15) is 18.4 Å². The van der Waals surface area contributed by atoms with Gasteiger partial charge >= 0.3 is 0 Å². The molecular formula is C23H21N5O2S. The number of hydrogen-bond acceptors (Lipinski definition) is 5. The molecule has 0 bridgehead atoms. The molecule has 31 heavy (non-hydrogen) atoms. The molecular weight excluding hydrogens is 410 g/mol. The van der Waals surface area contributed by atoms with Gasteiger partial charge in [-0.1, -0.05) is 24.3 Å². The maximum Gasteiger partial charge on any atom is 0.240 e. The van der Waals surface area contributed by atoms with Gasteiger partial charge in [-0.05, 0) is 36.2 Å². The average Bonchev–Trinajstić information content (AvgIpc) is 3.53. The van der Waals surface area contributed by atoms with Gasteiger partial charge in [-0.15, -0.1) is 11.3 Å². The molecule has 2 amide bonds. The monoisotopic (exact) mass is 431 g/mol. The number of carbonyl (C=O) groups is 2. The first-order valence-electron chi connectivity index (χ1n) is 10.2. The van der Waals surface area contributed by atoms with Crippen molar-refractivity contribution >= 4 is 39.9 Å². The fraction of sp³-hybridized carbons (Fsp3) is 0.217. The topological polar surface area (TPSA) is 80.1 Å². The Morgan fingerprint density at radius 2 is 1.97 bits per heavy atom. The summed E-state index contributed by atoms with van der Waals surface area (Å²) in [5, 5.41) is 4.92. The predicted octanol–water partition coefficient (Wildman–Crippen LogP) is 3.60. The highest BCUT2D eigenvalue weighted by molar-refractivity contribution is 7.07. The van der Waals surface area contributed by atoms with Gasteiger partial charge in [0, 0.05) is 30.6 Å². The lowest BCUT2D eigenvalue weighted by Gasteiger charge is -2.16. The summed E-state index contributed by atoms with van der Waals surface area (Å²) >= 11 is 1.50. The van der Waals surface area contributed by atoms with Gasteiger partial charge in [-0.25, -0.2) is 9.97 Å². The number of nitrogens with one attached hydrogen (secondary N) is 1. The predicted molar refractivity (Wildman–Crippen MR) is 121 cm³/mol. The Morgan fingerprint density at radius 1 is 1.13 bits per heavy atom. The molecule has 1 aliphatic heterocycles. The lowest BCUT2D eigenvalue weighted by Crippen LogP contribution is -2.27. The number of para-hydroxylation sites is 2. The third kappa shape index (κ3) is 3.94. The molecule has 1 aliphatic rings. The van der Waals surface area contributed by atoms with Crippen molar-refractivity contribution in [2.75, 3.05) is 11.4 Å². The number of imidazole rings is 1. The van der Waals surface area contributed by atoms with E-state index in [4.69, 9.17) is 0 Å². The SMILES string of the molecule is O=C(Cn1c(-c2cscn2)nc2ccccc21)NCc1ccc(N2CCCC2=O)cc1. The minimum absolute atomic E-state index is 0.0987. The normalized spacial score (nSPS) is 13.8. The number of aromatic nitrogens is 3. The maximum absolute atomic E-state index is 12.7. The van der Waals surface area contributed by atoms with Gasteiger partial charge in [0.15, 0.2) is 5.82 Å². The average molecular weight is 432 g/mol. The zero-order valence-electron chi connectivity index (χ0n) is 16.8. The van der Waals surface area contributed by atoms with Crippen LogP contribution < -0.4 is 10.2 Å². The third-order valence-electron chi connectivity index (χ3n) is 5.43. The van der Waals surface area contributed by atoms with E-state index in [1.54, 1.807) is 5.51 Å². The molecule has 0 spiro atoms. The van der Waals surface area contributed by atoms with Crippen LogP contribution in [-0.2, 0) is 22.7 Å². The molecule has 0 aliphatic carbocycles. The Hall–Kier alpha value is -3.52. The Morgan fingerprint density at radius 3 is 2.71 bits per heavy atom. The smallest absolute Gasteiger partial charge is 0.240 e. The van der Waals surface area contributed by atoms with E-state index in [0.717, 1.165) is 40.9 Å². The van der Waals surface area contributed by atoms with Crippen molar-refractivity contribution in [2.24, 2.45) is 0 Å². The van der Waals surface area contributed by atoms with Crippen LogP contribution in [0.15, 0.2) is 59.4 Å². The summed E-state index contributed by atoms with van der Waals surface area (Å²) < 4.78 is 1.90. The van der Waals surface area contributed by atoms with Gasteiger partial charge in [-0.3, -0.25) is 9.59 Å². The highest BCUT2D eigenvalue weighted by Crippen LogP contribution is 2.25. The van der Waals surface area contributed by atoms with Crippen molar-refractivity contribution in [3.05, 3.63) is 65.0 Å². The van der Waals surface area contributed by atoms with Crippen LogP contribution in [0.3, 0.4) is 0 Å².